The van der Waals surface area contributed by atoms with Gasteiger partial charge in [0.1, 0.15) is 13.1 Å². The fourth-order valence-electron chi connectivity index (χ4n) is 12.5. The van der Waals surface area contributed by atoms with E-state index in [0.717, 1.165) is 59.7 Å². The van der Waals surface area contributed by atoms with Gasteiger partial charge in [0.25, 0.3) is 11.8 Å². The van der Waals surface area contributed by atoms with Gasteiger partial charge >= 0.3 is 30.2 Å². The molecule has 0 radical (unpaired) electrons. The molecule has 10 rings (SSSR count). The second-order valence-corrected chi connectivity index (χ2v) is 20.6. The normalized spacial score (nSPS) is 27.1. The minimum atomic E-state index is -1.46. The zero-order chi connectivity index (χ0) is 50.6. The number of hydrogen-bond acceptors (Lipinski definition) is 11. The number of ether oxygens (including phenoxy) is 2. The average Bonchev–Trinajstić information content (AvgIpc) is 4.22. The summed E-state index contributed by atoms with van der Waals surface area (Å²) in [6, 6.07) is 11.4. The number of amides is 9. The van der Waals surface area contributed by atoms with Gasteiger partial charge in [-0.15, -0.1) is 0 Å². The lowest BCUT2D eigenvalue weighted by Gasteiger charge is -2.36. The minimum absolute atomic E-state index is 0. The first-order chi connectivity index (χ1) is 34.1. The van der Waals surface area contributed by atoms with E-state index < -0.39 is 47.7 Å². The number of hydrogen-bond donors (Lipinski definition) is 6. The van der Waals surface area contributed by atoms with Crippen LogP contribution in [-0.4, -0.2) is 119 Å². The molecule has 4 aliphatic carbocycles. The lowest BCUT2D eigenvalue weighted by atomic mass is 9.83. The van der Waals surface area contributed by atoms with Crippen molar-refractivity contribution in [2.75, 3.05) is 37.8 Å². The first-order valence-corrected chi connectivity index (χ1v) is 25.7. The molecule has 6 fully saturated rings. The van der Waals surface area contributed by atoms with Crippen LogP contribution in [0.2, 0.25) is 0 Å². The van der Waals surface area contributed by atoms with Crippen molar-refractivity contribution in [3.63, 3.8) is 0 Å². The lowest BCUT2D eigenvalue weighted by Crippen LogP contribution is -2.50. The quantitative estimate of drug-likeness (QED) is 0.147. The molecule has 2 saturated carbocycles. The van der Waals surface area contributed by atoms with E-state index in [0.29, 0.717) is 52.6 Å². The van der Waals surface area contributed by atoms with Gasteiger partial charge in [-0.3, -0.25) is 19.2 Å². The highest BCUT2D eigenvalue weighted by Gasteiger charge is 2.60. The Labute approximate surface area is 429 Å². The third-order valence-corrected chi connectivity index (χ3v) is 16.1. The summed E-state index contributed by atoms with van der Waals surface area (Å²) in [7, 11) is 3.02. The van der Waals surface area contributed by atoms with Crippen molar-refractivity contribution in [3.05, 3.63) is 58.7 Å². The Balaban J connectivity index is 0.000000197. The zero-order valence-corrected chi connectivity index (χ0v) is 41.4. The molecule has 4 aliphatic heterocycles. The highest BCUT2D eigenvalue weighted by atomic mass is 16.6. The van der Waals surface area contributed by atoms with Gasteiger partial charge in [0, 0.05) is 73.6 Å². The van der Waals surface area contributed by atoms with Gasteiger partial charge in [-0.1, -0.05) is 65.5 Å². The Kier molecular flexibility index (Phi) is 18.2. The van der Waals surface area contributed by atoms with E-state index in [4.69, 9.17) is 14.6 Å². The van der Waals surface area contributed by atoms with E-state index in [9.17, 15) is 38.4 Å². The molecule has 4 heterocycles. The molecule has 8 aliphatic rings. The van der Waals surface area contributed by atoms with Crippen LogP contribution in [0.3, 0.4) is 0 Å². The van der Waals surface area contributed by atoms with Crippen molar-refractivity contribution < 1.29 is 52.9 Å². The van der Waals surface area contributed by atoms with Crippen LogP contribution in [0.1, 0.15) is 154 Å². The number of imide groups is 2. The number of carbonyl (C=O) groups is 8. The molecule has 0 aromatic heterocycles. The van der Waals surface area contributed by atoms with Gasteiger partial charge < -0.3 is 46.1 Å². The fraction of sp³-hybridized carbons (Fsp3) is 0.630. The largest absolute Gasteiger partial charge is 0.480 e. The summed E-state index contributed by atoms with van der Waals surface area (Å²) in [4.78, 5) is 102. The number of likely N-dealkylation sites (tertiary alicyclic amines) is 1. The molecule has 9 amide bonds. The zero-order valence-electron chi connectivity index (χ0n) is 41.4. The molecular formula is C54H78N8O11. The van der Waals surface area contributed by atoms with Gasteiger partial charge in [-0.2, -0.15) is 0 Å². The second kappa shape index (κ2) is 23.7. The number of carbonyl (C=O) groups excluding carboxylic acids is 7. The van der Waals surface area contributed by atoms with E-state index >= 15 is 0 Å². The number of nitrogens with zero attached hydrogens (tertiary/aromatic N) is 3. The SMILES string of the molecule is C.C.CC1CCC(C2CCCCC2)N1.CNC(=O)Nc1ccc2c(c1)CC[C@@]21OC(=O)N(CC(=O)N2C(C)CCC2C2CCCCC2)C1=O.CNC(=O)Nc1ccc2c(c1)CC[C@@]21OC(=O)N(CC(=O)O)C1=O. The molecule has 73 heavy (non-hydrogen) atoms. The van der Waals surface area contributed by atoms with Gasteiger partial charge in [0.05, 0.1) is 0 Å². The third kappa shape index (κ3) is 11.6. The minimum Gasteiger partial charge on any atom is -0.480 e. The Hall–Kier alpha value is -6.24. The molecule has 6 N–H and O–H groups in total. The summed E-state index contributed by atoms with van der Waals surface area (Å²) < 4.78 is 11.0. The highest BCUT2D eigenvalue weighted by Crippen LogP contribution is 2.48. The Morgan fingerprint density at radius 2 is 1.12 bits per heavy atom. The number of nitrogens with one attached hydrogen (secondary N) is 5. The van der Waals surface area contributed by atoms with E-state index in [2.05, 4.69) is 40.4 Å². The number of aryl methyl sites for hydroxylation is 2. The van der Waals surface area contributed by atoms with Gasteiger partial charge in [-0.05, 0) is 125 Å². The number of anilines is 2. The van der Waals surface area contributed by atoms with Crippen molar-refractivity contribution in [3.8, 4) is 0 Å². The monoisotopic (exact) mass is 1010 g/mol. The van der Waals surface area contributed by atoms with Crippen LogP contribution in [0.25, 0.3) is 0 Å². The Morgan fingerprint density at radius 3 is 1.58 bits per heavy atom. The van der Waals surface area contributed by atoms with Crippen LogP contribution in [0.4, 0.5) is 30.6 Å². The molecule has 4 unspecified atom stereocenters. The molecule has 19 heteroatoms. The molecule has 2 aromatic carbocycles. The predicted molar refractivity (Wildman–Crippen MR) is 275 cm³/mol. The van der Waals surface area contributed by atoms with Crippen LogP contribution in [-0.2, 0) is 52.7 Å². The number of benzene rings is 2. The maximum atomic E-state index is 13.6. The van der Waals surface area contributed by atoms with Crippen LogP contribution in [0.5, 0.6) is 0 Å². The molecule has 400 valence electrons. The third-order valence-electron chi connectivity index (χ3n) is 16.1. The molecule has 2 spiro atoms. The van der Waals surface area contributed by atoms with Crippen LogP contribution in [0, 0.1) is 11.8 Å². The van der Waals surface area contributed by atoms with Crippen LogP contribution >= 0.6 is 0 Å². The van der Waals surface area contributed by atoms with Crippen molar-refractivity contribution in [2.45, 2.75) is 180 Å². The van der Waals surface area contributed by atoms with Crippen molar-refractivity contribution in [1.82, 2.24) is 30.7 Å². The van der Waals surface area contributed by atoms with E-state index in [1.54, 1.807) is 36.4 Å². The standard InChI is InChI=1S/C26H34N4O5.C15H15N3O6.C11H21N.2CH4/c1-16-8-11-21(17-6-4-3-5-7-17)30(16)22(31)15-29-23(32)26(35-25(29)34)13-12-18-14-19(9-10-20(18)26)28-24(33)27-2;1-16-13(22)17-9-2-3-10-8(6-9)4-5-15(10)12(21)18(7-11(19)20)14(23)24-15;1-9-7-8-11(12-9)10-5-3-2-4-6-10;;/h9-10,14,16-17,21H,3-8,11-13,15H2,1-2H3,(H2,27,28,33);2-3,6H,4-5,7H2,1H3,(H,19,20)(H2,16,17,22);9-12H,2-8H2,1H3;2*1H4/t16?,21?,26-;15-;;;/m11.../s1. The number of carboxylic acid groups (broad SMARTS) is 1. The average molecular weight is 1020 g/mol. The molecule has 4 saturated heterocycles. The topological polar surface area (TPSA) is 245 Å². The second-order valence-electron chi connectivity index (χ2n) is 20.6. The molecular weight excluding hydrogens is 937 g/mol. The summed E-state index contributed by atoms with van der Waals surface area (Å²) in [5.41, 5.74) is 1.05. The number of fused-ring (bicyclic) bond motifs is 4. The smallest absolute Gasteiger partial charge is 0.418 e. The number of rotatable bonds is 8. The predicted octanol–water partition coefficient (Wildman–Crippen LogP) is 8.14. The summed E-state index contributed by atoms with van der Waals surface area (Å²) in [6.07, 6.45) is 18.0. The molecule has 2 aromatic rings. The number of carboxylic acids is 1. The summed E-state index contributed by atoms with van der Waals surface area (Å²) in [6.45, 7) is 3.37. The maximum absolute atomic E-state index is 13.6. The van der Waals surface area contributed by atoms with Crippen molar-refractivity contribution >= 4 is 59.3 Å². The molecule has 0 bridgehead atoms. The lowest BCUT2D eigenvalue weighted by molar-refractivity contribution is -0.144. The van der Waals surface area contributed by atoms with Gasteiger partial charge in [0.2, 0.25) is 17.1 Å². The van der Waals surface area contributed by atoms with Crippen LogP contribution < -0.4 is 26.6 Å². The van der Waals surface area contributed by atoms with Crippen molar-refractivity contribution in [1.29, 1.82) is 0 Å². The van der Waals surface area contributed by atoms with E-state index in [1.807, 2.05) is 4.90 Å². The molecule has 6 atom stereocenters. The Morgan fingerprint density at radius 1 is 0.644 bits per heavy atom. The fourth-order valence-corrected chi connectivity index (χ4v) is 12.5. The van der Waals surface area contributed by atoms with E-state index in [1.165, 1.54) is 78.3 Å². The van der Waals surface area contributed by atoms with Crippen molar-refractivity contribution in [2.24, 2.45) is 11.8 Å². The maximum Gasteiger partial charge on any atom is 0.418 e. The van der Waals surface area contributed by atoms with Crippen LogP contribution in [0.15, 0.2) is 36.4 Å². The number of urea groups is 2. The Bertz CT molecular complexity index is 2400. The highest BCUT2D eigenvalue weighted by molar-refractivity contribution is 6.07. The number of aliphatic carboxylic acids is 1. The first-order valence-electron chi connectivity index (χ1n) is 25.7. The summed E-state index contributed by atoms with van der Waals surface area (Å²) in [5.74, 6) is -1.08. The van der Waals surface area contributed by atoms with Gasteiger partial charge in [-0.25, -0.2) is 29.0 Å². The van der Waals surface area contributed by atoms with Gasteiger partial charge in [0.15, 0.2) is 0 Å². The van der Waals surface area contributed by atoms with E-state index in [-0.39, 0.29) is 57.9 Å². The first kappa shape index (κ1) is 56.1. The summed E-state index contributed by atoms with van der Waals surface area (Å²) in [5, 5.41) is 22.8. The summed E-state index contributed by atoms with van der Waals surface area (Å²) >= 11 is 0. The molecule has 19 nitrogen and oxygen atoms in total.